The van der Waals surface area contributed by atoms with Crippen molar-refractivity contribution in [2.45, 2.75) is 32.9 Å². The van der Waals surface area contributed by atoms with Crippen LogP contribution < -0.4 is 14.8 Å². The van der Waals surface area contributed by atoms with Crippen molar-refractivity contribution in [2.75, 3.05) is 19.8 Å². The van der Waals surface area contributed by atoms with Crippen molar-refractivity contribution < 1.29 is 23.9 Å². The van der Waals surface area contributed by atoms with E-state index in [1.54, 1.807) is 36.5 Å². The Hall–Kier alpha value is -3.59. The molecule has 0 saturated carbocycles. The number of urea groups is 1. The Morgan fingerprint density at radius 3 is 2.62 bits per heavy atom. The molecule has 5 rings (SSSR count). The summed E-state index contributed by atoms with van der Waals surface area (Å²) < 4.78 is 13.2. The fraction of sp³-hybridized carbons (Fsp3) is 0.320. The summed E-state index contributed by atoms with van der Waals surface area (Å²) in [6.07, 6.45) is 0. The highest BCUT2D eigenvalue weighted by Gasteiger charge is 2.50. The number of ketones is 1. The van der Waals surface area contributed by atoms with Crippen LogP contribution in [0.15, 0.2) is 41.8 Å². The van der Waals surface area contributed by atoms with E-state index in [9.17, 15) is 14.4 Å². The van der Waals surface area contributed by atoms with Gasteiger partial charge in [0, 0.05) is 21.8 Å². The minimum atomic E-state index is -1.30. The van der Waals surface area contributed by atoms with Gasteiger partial charge in [-0.2, -0.15) is 0 Å². The lowest BCUT2D eigenvalue weighted by atomic mass is 9.91. The SMILES string of the molecule is Cc1cc(C(=O)CN2C(=O)N[C@](C)(c3ccc4c(c3)OCCO4)C2=O)c(C)n1Cc1cccs1. The van der Waals surface area contributed by atoms with E-state index in [0.717, 1.165) is 16.3 Å². The number of amides is 3. The third kappa shape index (κ3) is 3.66. The molecule has 3 amide bonds. The number of carbonyl (C=O) groups excluding carboxylic acids is 3. The van der Waals surface area contributed by atoms with Crippen molar-refractivity contribution in [2.24, 2.45) is 0 Å². The lowest BCUT2D eigenvalue weighted by Crippen LogP contribution is -2.41. The third-order valence-corrected chi connectivity index (χ3v) is 7.33. The number of Topliss-reactive ketones (excluding diaryl/α,β-unsaturated/α-hetero) is 1. The average Bonchev–Trinajstić information content (AvgIpc) is 3.50. The Morgan fingerprint density at radius 1 is 1.12 bits per heavy atom. The van der Waals surface area contributed by atoms with Crippen LogP contribution in [0.3, 0.4) is 0 Å². The van der Waals surface area contributed by atoms with Gasteiger partial charge in [-0.25, -0.2) is 4.79 Å². The summed E-state index contributed by atoms with van der Waals surface area (Å²) in [5.41, 5.74) is 1.55. The average molecular weight is 480 g/mol. The molecule has 0 unspecified atom stereocenters. The standard InChI is InChI=1S/C25H25N3O5S/c1-15-11-19(16(2)27(15)13-18-5-4-10-34-18)20(29)14-28-23(30)25(3,26-24(28)31)17-6-7-21-22(12-17)33-9-8-32-21/h4-7,10-12H,8-9,13-14H2,1-3H3,(H,26,31)/t25-/m1/s1. The molecule has 1 N–H and O–H groups in total. The van der Waals surface area contributed by atoms with Gasteiger partial charge >= 0.3 is 6.03 Å². The molecule has 1 atom stereocenters. The van der Waals surface area contributed by atoms with Crippen LogP contribution in [0.1, 0.15) is 39.1 Å². The first-order valence-corrected chi connectivity index (χ1v) is 11.9. The Balaban J connectivity index is 1.37. The van der Waals surface area contributed by atoms with Gasteiger partial charge in [-0.15, -0.1) is 11.3 Å². The van der Waals surface area contributed by atoms with Gasteiger partial charge in [0.15, 0.2) is 17.3 Å². The highest BCUT2D eigenvalue weighted by atomic mass is 32.1. The van der Waals surface area contributed by atoms with Crippen molar-refractivity contribution in [1.82, 2.24) is 14.8 Å². The summed E-state index contributed by atoms with van der Waals surface area (Å²) in [6, 6.07) is 10.4. The molecule has 0 bridgehead atoms. The second kappa shape index (κ2) is 8.32. The topological polar surface area (TPSA) is 89.9 Å². The lowest BCUT2D eigenvalue weighted by molar-refractivity contribution is -0.130. The normalized spacial score (nSPS) is 19.4. The first kappa shape index (κ1) is 22.2. The van der Waals surface area contributed by atoms with Gasteiger partial charge in [0.05, 0.1) is 13.1 Å². The van der Waals surface area contributed by atoms with Crippen molar-refractivity contribution in [3.63, 3.8) is 0 Å². The zero-order valence-corrected chi connectivity index (χ0v) is 20.0. The quantitative estimate of drug-likeness (QED) is 0.431. The molecule has 0 spiro atoms. The van der Waals surface area contributed by atoms with Crippen molar-refractivity contribution in [3.05, 3.63) is 69.2 Å². The number of hydrogen-bond acceptors (Lipinski definition) is 6. The van der Waals surface area contributed by atoms with E-state index in [2.05, 4.69) is 16.0 Å². The molecule has 2 aromatic heterocycles. The van der Waals surface area contributed by atoms with Crippen LogP contribution in [0.2, 0.25) is 0 Å². The number of nitrogens with one attached hydrogen (secondary N) is 1. The third-order valence-electron chi connectivity index (χ3n) is 6.46. The van der Waals surface area contributed by atoms with Gasteiger partial charge in [-0.3, -0.25) is 14.5 Å². The number of hydrogen-bond donors (Lipinski definition) is 1. The van der Waals surface area contributed by atoms with Gasteiger partial charge in [0.2, 0.25) is 0 Å². The minimum absolute atomic E-state index is 0.277. The molecular weight excluding hydrogens is 454 g/mol. The molecule has 2 aliphatic heterocycles. The summed E-state index contributed by atoms with van der Waals surface area (Å²) in [5, 5.41) is 4.78. The predicted molar refractivity (Wildman–Crippen MR) is 127 cm³/mol. The summed E-state index contributed by atoms with van der Waals surface area (Å²) >= 11 is 1.66. The monoisotopic (exact) mass is 479 g/mol. The number of imide groups is 1. The van der Waals surface area contributed by atoms with E-state index in [0.29, 0.717) is 42.4 Å². The molecule has 0 aliphatic carbocycles. The number of rotatable bonds is 6. The van der Waals surface area contributed by atoms with Crippen LogP contribution in [0.4, 0.5) is 4.79 Å². The lowest BCUT2D eigenvalue weighted by Gasteiger charge is -2.25. The van der Waals surface area contributed by atoms with Gasteiger partial charge in [-0.1, -0.05) is 12.1 Å². The number of aromatic nitrogens is 1. The smallest absolute Gasteiger partial charge is 0.325 e. The zero-order chi connectivity index (χ0) is 24.0. The van der Waals surface area contributed by atoms with E-state index >= 15 is 0 Å². The molecule has 176 valence electrons. The first-order valence-electron chi connectivity index (χ1n) is 11.0. The molecule has 1 aromatic carbocycles. The van der Waals surface area contributed by atoms with E-state index < -0.39 is 17.5 Å². The molecule has 34 heavy (non-hydrogen) atoms. The maximum atomic E-state index is 13.4. The number of carbonyl (C=O) groups is 3. The summed E-state index contributed by atoms with van der Waals surface area (Å²) in [6.45, 7) is 6.70. The number of ether oxygens (including phenoxy) is 2. The van der Waals surface area contributed by atoms with Gasteiger partial charge in [-0.05, 0) is 56.0 Å². The largest absolute Gasteiger partial charge is 0.486 e. The summed E-state index contributed by atoms with van der Waals surface area (Å²) in [5.74, 6) is 0.371. The molecular formula is C25H25N3O5S. The molecule has 2 aliphatic rings. The summed E-state index contributed by atoms with van der Waals surface area (Å²) in [4.78, 5) is 41.5. The van der Waals surface area contributed by atoms with Crippen molar-refractivity contribution in [1.29, 1.82) is 0 Å². The second-order valence-electron chi connectivity index (χ2n) is 8.68. The van der Waals surface area contributed by atoms with E-state index in [-0.39, 0.29) is 12.3 Å². The zero-order valence-electron chi connectivity index (χ0n) is 19.2. The Labute approximate surface area is 201 Å². The molecule has 4 heterocycles. The number of fused-ring (bicyclic) bond motifs is 1. The fourth-order valence-corrected chi connectivity index (χ4v) is 5.20. The van der Waals surface area contributed by atoms with Gasteiger partial charge in [0.25, 0.3) is 5.91 Å². The molecule has 3 aromatic rings. The highest BCUT2D eigenvalue weighted by Crippen LogP contribution is 2.37. The van der Waals surface area contributed by atoms with Crippen molar-refractivity contribution in [3.8, 4) is 11.5 Å². The van der Waals surface area contributed by atoms with Gasteiger partial charge < -0.3 is 19.4 Å². The highest BCUT2D eigenvalue weighted by molar-refractivity contribution is 7.09. The molecule has 0 radical (unpaired) electrons. The first-order chi connectivity index (χ1) is 16.3. The Bertz CT molecular complexity index is 1300. The number of benzene rings is 1. The molecule has 1 fully saturated rings. The van der Waals surface area contributed by atoms with Crippen LogP contribution in [-0.2, 0) is 16.9 Å². The number of aryl methyl sites for hydroxylation is 1. The van der Waals surface area contributed by atoms with Crippen LogP contribution >= 0.6 is 11.3 Å². The minimum Gasteiger partial charge on any atom is -0.486 e. The Kier molecular flexibility index (Phi) is 5.44. The maximum Gasteiger partial charge on any atom is 0.325 e. The van der Waals surface area contributed by atoms with Crippen LogP contribution in [-0.4, -0.2) is 46.9 Å². The maximum absolute atomic E-state index is 13.4. The number of thiophene rings is 1. The van der Waals surface area contributed by atoms with Crippen molar-refractivity contribution >= 4 is 29.1 Å². The molecule has 1 saturated heterocycles. The second-order valence-corrected chi connectivity index (χ2v) is 9.71. The van der Waals surface area contributed by atoms with Crippen LogP contribution in [0, 0.1) is 13.8 Å². The van der Waals surface area contributed by atoms with E-state index in [4.69, 9.17) is 9.47 Å². The van der Waals surface area contributed by atoms with Gasteiger partial charge in [0.1, 0.15) is 18.8 Å². The van der Waals surface area contributed by atoms with Crippen LogP contribution in [0.5, 0.6) is 11.5 Å². The summed E-state index contributed by atoms with van der Waals surface area (Å²) in [7, 11) is 0. The number of nitrogens with zero attached hydrogens (tertiary/aromatic N) is 2. The Morgan fingerprint density at radius 2 is 1.88 bits per heavy atom. The fourth-order valence-electron chi connectivity index (χ4n) is 4.50. The predicted octanol–water partition coefficient (Wildman–Crippen LogP) is 3.64. The van der Waals surface area contributed by atoms with E-state index in [1.165, 1.54) is 4.88 Å². The molecule has 8 nitrogen and oxygen atoms in total. The van der Waals surface area contributed by atoms with Crippen LogP contribution in [0.25, 0.3) is 0 Å². The molecule has 9 heteroatoms. The van der Waals surface area contributed by atoms with E-state index in [1.807, 2.05) is 31.4 Å².